The maximum absolute atomic E-state index is 15.2. The SMILES string of the molecule is CCOc1cc(F)c([C@H](CC)n2nc(-c3ncc(OC)c(Nc4ccncc4)n3)c3ccccc32)c(F)c1. The number of anilines is 2. The summed E-state index contributed by atoms with van der Waals surface area (Å²) in [4.78, 5) is 13.2. The highest BCUT2D eigenvalue weighted by Gasteiger charge is 2.26. The van der Waals surface area contributed by atoms with Crippen molar-refractivity contribution < 1.29 is 18.3 Å². The van der Waals surface area contributed by atoms with E-state index in [-0.39, 0.29) is 11.3 Å². The van der Waals surface area contributed by atoms with Gasteiger partial charge >= 0.3 is 0 Å². The van der Waals surface area contributed by atoms with Gasteiger partial charge in [-0.3, -0.25) is 9.67 Å². The van der Waals surface area contributed by atoms with E-state index < -0.39 is 17.7 Å². The van der Waals surface area contributed by atoms with Crippen molar-refractivity contribution >= 4 is 22.4 Å². The number of halogens is 2. The van der Waals surface area contributed by atoms with Gasteiger partial charge < -0.3 is 14.8 Å². The molecule has 0 fully saturated rings. The van der Waals surface area contributed by atoms with Crippen molar-refractivity contribution in [3.05, 3.63) is 84.3 Å². The first-order valence-electron chi connectivity index (χ1n) is 12.2. The Balaban J connectivity index is 1.63. The lowest BCUT2D eigenvalue weighted by molar-refractivity contribution is 0.334. The van der Waals surface area contributed by atoms with Crippen molar-refractivity contribution in [1.29, 1.82) is 0 Å². The summed E-state index contributed by atoms with van der Waals surface area (Å²) < 4.78 is 42.8. The molecule has 3 aromatic heterocycles. The van der Waals surface area contributed by atoms with Crippen LogP contribution in [0.5, 0.6) is 11.5 Å². The fourth-order valence-electron chi connectivity index (χ4n) is 4.42. The van der Waals surface area contributed by atoms with Gasteiger partial charge in [-0.15, -0.1) is 0 Å². The number of benzene rings is 2. The fraction of sp³-hybridized carbons (Fsp3) is 0.214. The Morgan fingerprint density at radius 3 is 2.45 bits per heavy atom. The molecule has 5 rings (SSSR count). The van der Waals surface area contributed by atoms with Gasteiger partial charge in [0.25, 0.3) is 0 Å². The number of aromatic nitrogens is 5. The maximum Gasteiger partial charge on any atom is 0.183 e. The van der Waals surface area contributed by atoms with Gasteiger partial charge in [0.05, 0.1) is 31.5 Å². The average molecular weight is 517 g/mol. The second kappa shape index (κ2) is 10.8. The third-order valence-corrected chi connectivity index (χ3v) is 6.12. The zero-order valence-electron chi connectivity index (χ0n) is 21.2. The van der Waals surface area contributed by atoms with Crippen LogP contribution in [0.15, 0.2) is 67.1 Å². The summed E-state index contributed by atoms with van der Waals surface area (Å²) in [6.45, 7) is 3.93. The van der Waals surface area contributed by atoms with Gasteiger partial charge in [0.1, 0.15) is 23.1 Å². The predicted molar refractivity (Wildman–Crippen MR) is 141 cm³/mol. The number of nitrogens with zero attached hydrogens (tertiary/aromatic N) is 5. The molecule has 10 heteroatoms. The zero-order chi connectivity index (χ0) is 26.6. The monoisotopic (exact) mass is 516 g/mol. The molecular weight excluding hydrogens is 490 g/mol. The molecule has 1 N–H and O–H groups in total. The molecule has 38 heavy (non-hydrogen) atoms. The average Bonchev–Trinajstić information content (AvgIpc) is 3.31. The minimum atomic E-state index is -0.711. The molecule has 0 spiro atoms. The summed E-state index contributed by atoms with van der Waals surface area (Å²) in [7, 11) is 1.53. The molecule has 0 aliphatic heterocycles. The lowest BCUT2D eigenvalue weighted by Gasteiger charge is -2.19. The zero-order valence-corrected chi connectivity index (χ0v) is 21.2. The van der Waals surface area contributed by atoms with Gasteiger partial charge in [-0.2, -0.15) is 5.10 Å². The van der Waals surface area contributed by atoms with E-state index in [0.717, 1.165) is 11.1 Å². The summed E-state index contributed by atoms with van der Waals surface area (Å²) in [5.74, 6) is -0.0121. The molecule has 0 radical (unpaired) electrons. The quantitative estimate of drug-likeness (QED) is 0.245. The molecule has 5 aromatic rings. The topological polar surface area (TPSA) is 87.0 Å². The van der Waals surface area contributed by atoms with E-state index >= 15 is 8.78 Å². The predicted octanol–water partition coefficient (Wildman–Crippen LogP) is 6.32. The van der Waals surface area contributed by atoms with Crippen LogP contribution in [0.1, 0.15) is 31.9 Å². The highest BCUT2D eigenvalue weighted by Crippen LogP contribution is 2.36. The lowest BCUT2D eigenvalue weighted by atomic mass is 10.0. The van der Waals surface area contributed by atoms with Gasteiger partial charge in [0.2, 0.25) is 0 Å². The number of nitrogens with one attached hydrogen (secondary N) is 1. The molecule has 1 atom stereocenters. The van der Waals surface area contributed by atoms with E-state index in [0.29, 0.717) is 41.6 Å². The largest absolute Gasteiger partial charge is 0.494 e. The molecule has 0 aliphatic rings. The van der Waals surface area contributed by atoms with E-state index in [9.17, 15) is 0 Å². The maximum atomic E-state index is 15.2. The van der Waals surface area contributed by atoms with E-state index in [2.05, 4.69) is 20.3 Å². The molecule has 8 nitrogen and oxygen atoms in total. The first-order valence-corrected chi connectivity index (χ1v) is 12.2. The van der Waals surface area contributed by atoms with E-state index in [1.807, 2.05) is 31.2 Å². The highest BCUT2D eigenvalue weighted by molar-refractivity contribution is 5.92. The van der Waals surface area contributed by atoms with Crippen LogP contribution in [0, 0.1) is 11.6 Å². The molecule has 0 amide bonds. The van der Waals surface area contributed by atoms with E-state index in [1.165, 1.54) is 19.2 Å². The standard InChI is InChI=1S/C28H26F2N6O2/c1-4-22(25-20(29)14-18(38-5-2)15-21(25)30)36-23-9-7-6-8-19(23)26(35-36)28-32-16-24(37-3)27(34-28)33-17-10-12-31-13-11-17/h6-16,22H,4-5H2,1-3H3,(H,31,32,33,34)/t22-/m0/s1. The summed E-state index contributed by atoms with van der Waals surface area (Å²) in [6, 6.07) is 12.8. The molecule has 194 valence electrons. The summed E-state index contributed by atoms with van der Waals surface area (Å²) in [5, 5.41) is 8.77. The van der Waals surface area contributed by atoms with Crippen LogP contribution in [0.2, 0.25) is 0 Å². The Morgan fingerprint density at radius 1 is 1.03 bits per heavy atom. The number of rotatable bonds is 9. The minimum Gasteiger partial charge on any atom is -0.494 e. The molecular formula is C28H26F2N6O2. The number of hydrogen-bond acceptors (Lipinski definition) is 7. The van der Waals surface area contributed by atoms with Crippen LogP contribution in [0.25, 0.3) is 22.4 Å². The number of methoxy groups -OCH3 is 1. The molecule has 0 unspecified atom stereocenters. The number of ether oxygens (including phenoxy) is 2. The van der Waals surface area contributed by atoms with Crippen molar-refractivity contribution in [2.75, 3.05) is 19.0 Å². The second-order valence-electron chi connectivity index (χ2n) is 8.44. The summed E-state index contributed by atoms with van der Waals surface area (Å²) >= 11 is 0. The molecule has 2 aromatic carbocycles. The Labute approximate surface area is 218 Å². The lowest BCUT2D eigenvalue weighted by Crippen LogP contribution is -2.15. The van der Waals surface area contributed by atoms with Crippen LogP contribution in [0.4, 0.5) is 20.3 Å². The molecule has 3 heterocycles. The third kappa shape index (κ3) is 4.72. The minimum absolute atomic E-state index is 0.0774. The van der Waals surface area contributed by atoms with Gasteiger partial charge in [0, 0.05) is 41.2 Å². The van der Waals surface area contributed by atoms with Crippen LogP contribution in [0.3, 0.4) is 0 Å². The number of para-hydroxylation sites is 1. The third-order valence-electron chi connectivity index (χ3n) is 6.12. The Morgan fingerprint density at radius 2 is 1.76 bits per heavy atom. The van der Waals surface area contributed by atoms with Crippen molar-refractivity contribution in [1.82, 2.24) is 24.7 Å². The molecule has 0 bridgehead atoms. The van der Waals surface area contributed by atoms with Gasteiger partial charge in [-0.05, 0) is 31.5 Å². The van der Waals surface area contributed by atoms with E-state index in [1.54, 1.807) is 42.3 Å². The van der Waals surface area contributed by atoms with Gasteiger partial charge in [0.15, 0.2) is 17.4 Å². The Kier molecular flexibility index (Phi) is 7.12. The van der Waals surface area contributed by atoms with Crippen LogP contribution in [-0.4, -0.2) is 38.4 Å². The normalized spacial score (nSPS) is 11.9. The Bertz CT molecular complexity index is 1550. The van der Waals surface area contributed by atoms with E-state index in [4.69, 9.17) is 14.6 Å². The number of pyridine rings is 1. The molecule has 0 saturated carbocycles. The van der Waals surface area contributed by atoms with Gasteiger partial charge in [-0.25, -0.2) is 18.7 Å². The van der Waals surface area contributed by atoms with Crippen molar-refractivity contribution in [2.24, 2.45) is 0 Å². The summed E-state index contributed by atoms with van der Waals surface area (Å²) in [6.07, 6.45) is 5.28. The number of fused-ring (bicyclic) bond motifs is 1. The smallest absolute Gasteiger partial charge is 0.183 e. The van der Waals surface area contributed by atoms with Crippen LogP contribution < -0.4 is 14.8 Å². The highest BCUT2D eigenvalue weighted by atomic mass is 19.1. The first kappa shape index (κ1) is 25.1. The molecule has 0 saturated heterocycles. The number of hydrogen-bond donors (Lipinski definition) is 1. The first-order chi connectivity index (χ1) is 18.5. The van der Waals surface area contributed by atoms with Gasteiger partial charge in [-0.1, -0.05) is 25.1 Å². The van der Waals surface area contributed by atoms with Crippen LogP contribution >= 0.6 is 0 Å². The van der Waals surface area contributed by atoms with Crippen molar-refractivity contribution in [3.63, 3.8) is 0 Å². The summed E-state index contributed by atoms with van der Waals surface area (Å²) in [5.41, 5.74) is 1.87. The second-order valence-corrected chi connectivity index (χ2v) is 8.44. The molecule has 0 aliphatic carbocycles. The van der Waals surface area contributed by atoms with Crippen molar-refractivity contribution in [3.8, 4) is 23.0 Å². The van der Waals surface area contributed by atoms with Crippen molar-refractivity contribution in [2.45, 2.75) is 26.3 Å². The fourth-order valence-corrected chi connectivity index (χ4v) is 4.42. The van der Waals surface area contributed by atoms with Crippen LogP contribution in [-0.2, 0) is 0 Å². The Hall–Kier alpha value is -4.60.